The highest BCUT2D eigenvalue weighted by atomic mass is 16.6. The van der Waals surface area contributed by atoms with Crippen LogP contribution >= 0.6 is 0 Å². The highest BCUT2D eigenvalue weighted by Gasteiger charge is 2.44. The van der Waals surface area contributed by atoms with Gasteiger partial charge in [0.25, 0.3) is 0 Å². The van der Waals surface area contributed by atoms with Crippen LogP contribution in [0.2, 0.25) is 0 Å². The zero-order valence-corrected chi connectivity index (χ0v) is 21.5. The first-order chi connectivity index (χ1) is 15.6. The van der Waals surface area contributed by atoms with Crippen molar-refractivity contribution in [3.63, 3.8) is 0 Å². The average molecular weight is 468 g/mol. The standard InChI is InChI=1S/C26H45NO6/c1-6-8-18-31-24(30)27-16-14-21(15-17-27)32-22(28)25(3,4)19-26(5,7-2)23(29)33-20-12-10-9-11-13-20/h20-21H,6-19H2,1-5H3. The van der Waals surface area contributed by atoms with E-state index in [2.05, 4.69) is 6.92 Å². The molecule has 0 bridgehead atoms. The number of carbonyl (C=O) groups excluding carboxylic acids is 3. The minimum Gasteiger partial charge on any atom is -0.462 e. The van der Waals surface area contributed by atoms with Gasteiger partial charge in [-0.25, -0.2) is 4.79 Å². The van der Waals surface area contributed by atoms with E-state index in [-0.39, 0.29) is 30.2 Å². The molecule has 2 rings (SSSR count). The lowest BCUT2D eigenvalue weighted by Crippen LogP contribution is -2.44. The maximum absolute atomic E-state index is 13.0. The van der Waals surface area contributed by atoms with Gasteiger partial charge in [-0.15, -0.1) is 0 Å². The van der Waals surface area contributed by atoms with Crippen molar-refractivity contribution >= 4 is 18.0 Å². The predicted octanol–water partition coefficient (Wildman–Crippen LogP) is 5.64. The van der Waals surface area contributed by atoms with Crippen molar-refractivity contribution in [3.05, 3.63) is 0 Å². The van der Waals surface area contributed by atoms with E-state index in [4.69, 9.17) is 14.2 Å². The second kappa shape index (κ2) is 12.6. The highest BCUT2D eigenvalue weighted by Crippen LogP contribution is 2.40. The Morgan fingerprint density at radius 1 is 0.848 bits per heavy atom. The van der Waals surface area contributed by atoms with Crippen molar-refractivity contribution in [2.45, 2.75) is 117 Å². The number of ether oxygens (including phenoxy) is 3. The van der Waals surface area contributed by atoms with E-state index in [1.165, 1.54) is 6.42 Å². The van der Waals surface area contributed by atoms with E-state index < -0.39 is 10.8 Å². The fraction of sp³-hybridized carbons (Fsp3) is 0.885. The van der Waals surface area contributed by atoms with E-state index in [0.717, 1.165) is 38.5 Å². The molecule has 1 aliphatic heterocycles. The third-order valence-corrected chi connectivity index (χ3v) is 7.18. The van der Waals surface area contributed by atoms with Gasteiger partial charge in [-0.05, 0) is 65.7 Å². The molecular formula is C26H45NO6. The number of hydrogen-bond donors (Lipinski definition) is 0. The van der Waals surface area contributed by atoms with Gasteiger partial charge in [0, 0.05) is 25.9 Å². The molecule has 7 nitrogen and oxygen atoms in total. The summed E-state index contributed by atoms with van der Waals surface area (Å²) in [7, 11) is 0. The molecule has 0 aromatic rings. The fourth-order valence-electron chi connectivity index (χ4n) is 4.73. The summed E-state index contributed by atoms with van der Waals surface area (Å²) in [4.78, 5) is 39.9. The highest BCUT2D eigenvalue weighted by molar-refractivity contribution is 5.80. The molecule has 190 valence electrons. The summed E-state index contributed by atoms with van der Waals surface area (Å²) in [6.07, 6.45) is 8.79. The number of amides is 1. The van der Waals surface area contributed by atoms with Crippen LogP contribution in [-0.2, 0) is 23.8 Å². The number of carbonyl (C=O) groups is 3. The van der Waals surface area contributed by atoms with Gasteiger partial charge in [0.2, 0.25) is 0 Å². The number of rotatable bonds is 10. The Labute approximate surface area is 199 Å². The molecule has 1 unspecified atom stereocenters. The van der Waals surface area contributed by atoms with Crippen LogP contribution in [0.5, 0.6) is 0 Å². The lowest BCUT2D eigenvalue weighted by atomic mass is 9.72. The molecule has 0 spiro atoms. The monoisotopic (exact) mass is 467 g/mol. The number of nitrogens with zero attached hydrogens (tertiary/aromatic N) is 1. The first-order valence-electron chi connectivity index (χ1n) is 12.9. The minimum absolute atomic E-state index is 0.00559. The average Bonchev–Trinajstić information content (AvgIpc) is 2.79. The quantitative estimate of drug-likeness (QED) is 0.235. The third-order valence-electron chi connectivity index (χ3n) is 7.18. The van der Waals surface area contributed by atoms with Gasteiger partial charge in [0.05, 0.1) is 17.4 Å². The van der Waals surface area contributed by atoms with Gasteiger partial charge in [0.15, 0.2) is 0 Å². The van der Waals surface area contributed by atoms with Crippen LogP contribution in [0.15, 0.2) is 0 Å². The Hall–Kier alpha value is -1.79. The lowest BCUT2D eigenvalue weighted by molar-refractivity contribution is -0.170. The van der Waals surface area contributed by atoms with Gasteiger partial charge in [-0.2, -0.15) is 0 Å². The van der Waals surface area contributed by atoms with Crippen LogP contribution in [0.4, 0.5) is 4.79 Å². The fourth-order valence-corrected chi connectivity index (χ4v) is 4.73. The zero-order valence-electron chi connectivity index (χ0n) is 21.5. The molecule has 1 saturated carbocycles. The lowest BCUT2D eigenvalue weighted by Gasteiger charge is -2.37. The van der Waals surface area contributed by atoms with Gasteiger partial charge in [0.1, 0.15) is 12.2 Å². The minimum atomic E-state index is -0.813. The molecule has 33 heavy (non-hydrogen) atoms. The Kier molecular flexibility index (Phi) is 10.5. The number of unbranched alkanes of at least 4 members (excludes halogenated alkanes) is 1. The molecule has 1 atom stereocenters. The molecule has 7 heteroatoms. The maximum Gasteiger partial charge on any atom is 0.409 e. The van der Waals surface area contributed by atoms with Gasteiger partial charge in [-0.1, -0.05) is 26.7 Å². The molecule has 0 N–H and O–H groups in total. The Morgan fingerprint density at radius 3 is 2.00 bits per heavy atom. The normalized spacial score (nSPS) is 20.1. The van der Waals surface area contributed by atoms with Crippen molar-refractivity contribution in [2.24, 2.45) is 10.8 Å². The Balaban J connectivity index is 1.85. The zero-order chi connectivity index (χ0) is 24.5. The summed E-state index contributed by atoms with van der Waals surface area (Å²) in [6, 6.07) is 0. The summed E-state index contributed by atoms with van der Waals surface area (Å²) in [5.74, 6) is -0.496. The second-order valence-corrected chi connectivity index (χ2v) is 10.7. The van der Waals surface area contributed by atoms with Crippen molar-refractivity contribution in [1.29, 1.82) is 0 Å². The summed E-state index contributed by atoms with van der Waals surface area (Å²) < 4.78 is 17.0. The van der Waals surface area contributed by atoms with Crippen molar-refractivity contribution in [3.8, 4) is 0 Å². The molecule has 2 fully saturated rings. The van der Waals surface area contributed by atoms with Crippen LogP contribution in [-0.4, -0.2) is 54.8 Å². The second-order valence-electron chi connectivity index (χ2n) is 10.7. The SMILES string of the molecule is CCCCOC(=O)N1CCC(OC(=O)C(C)(C)CC(C)(CC)C(=O)OC2CCCCC2)CC1. The van der Waals surface area contributed by atoms with Crippen LogP contribution < -0.4 is 0 Å². The molecular weight excluding hydrogens is 422 g/mol. The van der Waals surface area contributed by atoms with Crippen LogP contribution in [0.3, 0.4) is 0 Å². The Bertz CT molecular complexity index is 649. The molecule has 0 aromatic heterocycles. The van der Waals surface area contributed by atoms with Crippen LogP contribution in [0.25, 0.3) is 0 Å². The molecule has 1 saturated heterocycles. The number of piperidine rings is 1. The molecule has 1 heterocycles. The van der Waals surface area contributed by atoms with Crippen molar-refractivity contribution in [1.82, 2.24) is 4.90 Å². The summed E-state index contributed by atoms with van der Waals surface area (Å²) in [6.45, 7) is 11.1. The Morgan fingerprint density at radius 2 is 1.42 bits per heavy atom. The number of esters is 2. The molecule has 0 radical (unpaired) electrons. The van der Waals surface area contributed by atoms with E-state index in [1.807, 2.05) is 27.7 Å². The van der Waals surface area contributed by atoms with Crippen molar-refractivity contribution < 1.29 is 28.6 Å². The van der Waals surface area contributed by atoms with Crippen LogP contribution in [0.1, 0.15) is 105 Å². The van der Waals surface area contributed by atoms with E-state index in [1.54, 1.807) is 4.90 Å². The number of likely N-dealkylation sites (tertiary alicyclic amines) is 1. The summed E-state index contributed by atoms with van der Waals surface area (Å²) >= 11 is 0. The summed E-state index contributed by atoms with van der Waals surface area (Å²) in [5.41, 5.74) is -1.54. The maximum atomic E-state index is 13.0. The first kappa shape index (κ1) is 27.5. The van der Waals surface area contributed by atoms with Crippen LogP contribution in [0, 0.1) is 10.8 Å². The molecule has 1 aliphatic carbocycles. The van der Waals surface area contributed by atoms with Gasteiger partial charge >= 0.3 is 18.0 Å². The topological polar surface area (TPSA) is 82.1 Å². The molecule has 2 aliphatic rings. The van der Waals surface area contributed by atoms with Gasteiger partial charge < -0.3 is 19.1 Å². The molecule has 1 amide bonds. The molecule has 0 aromatic carbocycles. The van der Waals surface area contributed by atoms with E-state index in [9.17, 15) is 14.4 Å². The van der Waals surface area contributed by atoms with Gasteiger partial charge in [-0.3, -0.25) is 9.59 Å². The summed E-state index contributed by atoms with van der Waals surface area (Å²) in [5, 5.41) is 0. The first-order valence-corrected chi connectivity index (χ1v) is 12.9. The number of hydrogen-bond acceptors (Lipinski definition) is 6. The third kappa shape index (κ3) is 8.18. The smallest absolute Gasteiger partial charge is 0.409 e. The van der Waals surface area contributed by atoms with E-state index in [0.29, 0.717) is 45.4 Å². The van der Waals surface area contributed by atoms with Crippen molar-refractivity contribution in [2.75, 3.05) is 19.7 Å². The largest absolute Gasteiger partial charge is 0.462 e. The predicted molar refractivity (Wildman–Crippen MR) is 127 cm³/mol. The van der Waals surface area contributed by atoms with E-state index >= 15 is 0 Å².